The van der Waals surface area contributed by atoms with E-state index in [1.54, 1.807) is 13.0 Å². The highest BCUT2D eigenvalue weighted by Crippen LogP contribution is 2.15. The monoisotopic (exact) mass is 300 g/mol. The van der Waals surface area contributed by atoms with Crippen molar-refractivity contribution in [1.82, 2.24) is 5.32 Å². The van der Waals surface area contributed by atoms with Crippen molar-refractivity contribution in [1.29, 1.82) is 0 Å². The highest BCUT2D eigenvalue weighted by atomic mass is 32.2. The van der Waals surface area contributed by atoms with Crippen LogP contribution in [0.1, 0.15) is 12.0 Å². The Hall–Kier alpha value is -1.76. The second-order valence-electron chi connectivity index (χ2n) is 4.25. The molecule has 3 N–H and O–H groups in total. The normalized spacial score (nSPS) is 11.8. The lowest BCUT2D eigenvalue weighted by atomic mass is 10.2. The fourth-order valence-electron chi connectivity index (χ4n) is 1.53. The van der Waals surface area contributed by atoms with E-state index in [0.717, 1.165) is 5.56 Å². The van der Waals surface area contributed by atoms with Crippen LogP contribution in [0.25, 0.3) is 0 Å². The van der Waals surface area contributed by atoms with Crippen molar-refractivity contribution in [2.75, 3.05) is 17.3 Å². The van der Waals surface area contributed by atoms with Crippen LogP contribution >= 0.6 is 11.8 Å². The van der Waals surface area contributed by atoms with Gasteiger partial charge in [0.1, 0.15) is 11.9 Å². The second-order valence-corrected chi connectivity index (χ2v) is 5.24. The lowest BCUT2D eigenvalue weighted by Gasteiger charge is -2.15. The van der Waals surface area contributed by atoms with E-state index in [9.17, 15) is 14.0 Å². The molecule has 1 aromatic rings. The van der Waals surface area contributed by atoms with E-state index in [0.29, 0.717) is 12.2 Å². The Kier molecular flexibility index (Phi) is 6.30. The molecule has 1 atom stereocenters. The maximum Gasteiger partial charge on any atom is 0.326 e. The van der Waals surface area contributed by atoms with Gasteiger partial charge in [0.25, 0.3) is 0 Å². The fraction of sp³-hybridized carbons (Fsp3) is 0.385. The molecule has 110 valence electrons. The van der Waals surface area contributed by atoms with Crippen molar-refractivity contribution in [3.05, 3.63) is 29.6 Å². The van der Waals surface area contributed by atoms with E-state index in [-0.39, 0.29) is 5.69 Å². The molecule has 0 unspecified atom stereocenters. The number of carboxylic acid groups (broad SMARTS) is 1. The smallest absolute Gasteiger partial charge is 0.326 e. The quantitative estimate of drug-likeness (QED) is 0.754. The van der Waals surface area contributed by atoms with Crippen LogP contribution in [-0.2, 0) is 4.79 Å². The second kappa shape index (κ2) is 7.74. The molecule has 0 heterocycles. The molecule has 7 heteroatoms. The van der Waals surface area contributed by atoms with Gasteiger partial charge in [-0.3, -0.25) is 0 Å². The number of hydrogen-bond acceptors (Lipinski definition) is 3. The molecule has 5 nitrogen and oxygen atoms in total. The zero-order valence-electron chi connectivity index (χ0n) is 11.3. The summed E-state index contributed by atoms with van der Waals surface area (Å²) in [4.78, 5) is 22.6. The molecule has 1 rings (SSSR count). The van der Waals surface area contributed by atoms with Gasteiger partial charge < -0.3 is 15.7 Å². The maximum absolute atomic E-state index is 13.5. The third-order valence-corrected chi connectivity index (χ3v) is 3.23. The van der Waals surface area contributed by atoms with Crippen molar-refractivity contribution in [2.45, 2.75) is 19.4 Å². The first kappa shape index (κ1) is 16.3. The number of nitrogens with one attached hydrogen (secondary N) is 2. The maximum atomic E-state index is 13.5. The molecule has 2 amide bonds. The number of amides is 2. The van der Waals surface area contributed by atoms with Crippen LogP contribution in [0.2, 0.25) is 0 Å². The minimum atomic E-state index is -1.11. The lowest BCUT2D eigenvalue weighted by molar-refractivity contribution is -0.139. The molecule has 0 bridgehead atoms. The highest BCUT2D eigenvalue weighted by molar-refractivity contribution is 7.98. The Balaban J connectivity index is 2.63. The molecule has 0 fully saturated rings. The Morgan fingerprint density at radius 3 is 2.70 bits per heavy atom. The van der Waals surface area contributed by atoms with Crippen LogP contribution in [0.4, 0.5) is 14.9 Å². The van der Waals surface area contributed by atoms with Gasteiger partial charge in [0.15, 0.2) is 0 Å². The molecule has 0 aliphatic heterocycles. The number of hydrogen-bond donors (Lipinski definition) is 3. The molecular formula is C13H17FN2O3S. The van der Waals surface area contributed by atoms with Crippen molar-refractivity contribution >= 4 is 29.4 Å². The van der Waals surface area contributed by atoms with E-state index in [1.807, 2.05) is 6.26 Å². The highest BCUT2D eigenvalue weighted by Gasteiger charge is 2.19. The molecular weight excluding hydrogens is 283 g/mol. The number of carbonyl (C=O) groups excluding carboxylic acids is 1. The summed E-state index contributed by atoms with van der Waals surface area (Å²) in [5.41, 5.74) is 0.749. The number of thioether (sulfide) groups is 1. The third-order valence-electron chi connectivity index (χ3n) is 2.59. The molecule has 0 spiro atoms. The molecule has 0 aromatic heterocycles. The van der Waals surface area contributed by atoms with Gasteiger partial charge in [-0.15, -0.1) is 0 Å². The van der Waals surface area contributed by atoms with Crippen LogP contribution in [0.5, 0.6) is 0 Å². The van der Waals surface area contributed by atoms with Crippen molar-refractivity contribution in [3.8, 4) is 0 Å². The zero-order valence-corrected chi connectivity index (χ0v) is 12.1. The van der Waals surface area contributed by atoms with Crippen LogP contribution in [0.15, 0.2) is 18.2 Å². The topological polar surface area (TPSA) is 78.4 Å². The molecule has 0 saturated carbocycles. The minimum absolute atomic E-state index is 0.0158. The fourth-order valence-corrected chi connectivity index (χ4v) is 2.00. The van der Waals surface area contributed by atoms with Crippen molar-refractivity contribution in [3.63, 3.8) is 0 Å². The molecule has 1 aromatic carbocycles. The summed E-state index contributed by atoms with van der Waals surface area (Å²) >= 11 is 1.49. The van der Waals surface area contributed by atoms with Crippen LogP contribution in [0.3, 0.4) is 0 Å². The Morgan fingerprint density at radius 1 is 1.45 bits per heavy atom. The Morgan fingerprint density at radius 2 is 2.15 bits per heavy atom. The van der Waals surface area contributed by atoms with E-state index >= 15 is 0 Å². The van der Waals surface area contributed by atoms with Gasteiger partial charge in [-0.25, -0.2) is 14.0 Å². The third kappa shape index (κ3) is 5.08. The average molecular weight is 300 g/mol. The van der Waals surface area contributed by atoms with Gasteiger partial charge in [0, 0.05) is 0 Å². The first-order valence-electron chi connectivity index (χ1n) is 5.99. The number of carboxylic acids is 1. The summed E-state index contributed by atoms with van der Waals surface area (Å²) in [5, 5.41) is 13.6. The summed E-state index contributed by atoms with van der Waals surface area (Å²) in [6, 6.07) is 2.65. The predicted octanol–water partition coefficient (Wildman–Crippen LogP) is 2.46. The van der Waals surface area contributed by atoms with Gasteiger partial charge in [-0.05, 0) is 43.0 Å². The molecule has 0 aliphatic carbocycles. The molecule has 20 heavy (non-hydrogen) atoms. The zero-order chi connectivity index (χ0) is 15.1. The number of anilines is 1. The van der Waals surface area contributed by atoms with Crippen LogP contribution < -0.4 is 10.6 Å². The SMILES string of the molecule is CSCC[C@@H](NC(=O)Nc1ccc(C)cc1F)C(=O)O. The van der Waals surface area contributed by atoms with Gasteiger partial charge in [0.2, 0.25) is 0 Å². The van der Waals surface area contributed by atoms with Crippen molar-refractivity contribution < 1.29 is 19.1 Å². The minimum Gasteiger partial charge on any atom is -0.480 e. The molecule has 0 aliphatic rings. The summed E-state index contributed by atoms with van der Waals surface area (Å²) in [6.45, 7) is 1.73. The number of carbonyl (C=O) groups is 2. The first-order valence-corrected chi connectivity index (χ1v) is 7.39. The van der Waals surface area contributed by atoms with E-state index in [2.05, 4.69) is 10.6 Å². The van der Waals surface area contributed by atoms with Gasteiger partial charge in [0.05, 0.1) is 5.69 Å². The van der Waals surface area contributed by atoms with Crippen molar-refractivity contribution in [2.24, 2.45) is 0 Å². The average Bonchev–Trinajstić information content (AvgIpc) is 2.37. The van der Waals surface area contributed by atoms with Gasteiger partial charge in [-0.2, -0.15) is 11.8 Å². The van der Waals surface area contributed by atoms with Crippen LogP contribution in [0, 0.1) is 12.7 Å². The molecule has 0 radical (unpaired) electrons. The van der Waals surface area contributed by atoms with Gasteiger partial charge >= 0.3 is 12.0 Å². The summed E-state index contributed by atoms with van der Waals surface area (Å²) < 4.78 is 13.5. The van der Waals surface area contributed by atoms with E-state index in [4.69, 9.17) is 5.11 Å². The summed E-state index contributed by atoms with van der Waals surface area (Å²) in [6.07, 6.45) is 2.15. The van der Waals surface area contributed by atoms with E-state index in [1.165, 1.54) is 23.9 Å². The Bertz CT molecular complexity index is 497. The Labute approximate surface area is 120 Å². The molecule has 0 saturated heterocycles. The number of aliphatic carboxylic acids is 1. The predicted molar refractivity (Wildman–Crippen MR) is 77.7 cm³/mol. The van der Waals surface area contributed by atoms with Gasteiger partial charge in [-0.1, -0.05) is 6.07 Å². The summed E-state index contributed by atoms with van der Waals surface area (Å²) in [5.74, 6) is -1.06. The number of urea groups is 1. The lowest BCUT2D eigenvalue weighted by Crippen LogP contribution is -2.43. The largest absolute Gasteiger partial charge is 0.480 e. The number of halogens is 1. The van der Waals surface area contributed by atoms with Crippen LogP contribution in [-0.4, -0.2) is 35.2 Å². The number of rotatable bonds is 6. The first-order chi connectivity index (χ1) is 9.43. The summed E-state index contributed by atoms with van der Waals surface area (Å²) in [7, 11) is 0. The van der Waals surface area contributed by atoms with E-state index < -0.39 is 23.9 Å². The number of aryl methyl sites for hydroxylation is 1. The standard InChI is InChI=1S/C13H17FN2O3S/c1-8-3-4-10(9(14)7-8)15-13(19)16-11(12(17)18)5-6-20-2/h3-4,7,11H,5-6H2,1-2H3,(H,17,18)(H2,15,16,19)/t11-/m1/s1. The number of benzene rings is 1.